The number of thiophene rings is 1. The van der Waals surface area contributed by atoms with Gasteiger partial charge in [0.05, 0.1) is 22.4 Å². The minimum atomic E-state index is -0.324. The minimum Gasteiger partial charge on any atom is -0.301 e. The topological polar surface area (TPSA) is 78.4 Å². The number of benzene rings is 1. The highest BCUT2D eigenvalue weighted by atomic mass is 32.2. The maximum absolute atomic E-state index is 13.4. The van der Waals surface area contributed by atoms with Gasteiger partial charge in [-0.15, -0.1) is 11.3 Å². The van der Waals surface area contributed by atoms with Crippen molar-refractivity contribution >= 4 is 34.7 Å². The van der Waals surface area contributed by atoms with E-state index in [9.17, 15) is 14.0 Å². The van der Waals surface area contributed by atoms with Crippen molar-refractivity contribution in [2.75, 3.05) is 5.75 Å². The van der Waals surface area contributed by atoms with Crippen molar-refractivity contribution in [1.82, 2.24) is 15.0 Å². The predicted octanol–water partition coefficient (Wildman–Crippen LogP) is 4.31. The van der Waals surface area contributed by atoms with E-state index in [1.807, 2.05) is 24.4 Å². The normalized spacial score (nSPS) is 15.9. The lowest BCUT2D eigenvalue weighted by molar-refractivity contribution is -0.130. The molecule has 6 nitrogen and oxygen atoms in total. The van der Waals surface area contributed by atoms with Crippen LogP contribution >= 0.6 is 23.1 Å². The number of hydrogen-bond donors (Lipinski definition) is 1. The third-order valence-electron chi connectivity index (χ3n) is 5.11. The smallest absolute Gasteiger partial charge is 0.254 e. The number of hydrazone groups is 1. The van der Waals surface area contributed by atoms with E-state index in [1.54, 1.807) is 30.4 Å². The van der Waals surface area contributed by atoms with E-state index in [-0.39, 0.29) is 29.1 Å². The number of H-pyrrole nitrogens is 1. The third kappa shape index (κ3) is 4.62. The molecule has 1 N–H and O–H groups in total. The molecule has 0 saturated carbocycles. The number of nitrogens with zero attached hydrogens (tertiary/aromatic N) is 3. The number of carbonyl (C=O) groups is 1. The van der Waals surface area contributed by atoms with Gasteiger partial charge in [0.1, 0.15) is 5.82 Å². The summed E-state index contributed by atoms with van der Waals surface area (Å²) in [7, 11) is 0. The number of rotatable bonds is 6. The Labute approximate surface area is 187 Å². The number of carbonyl (C=O) groups excluding carboxylic acids is 1. The van der Waals surface area contributed by atoms with Crippen molar-refractivity contribution in [3.8, 4) is 0 Å². The molecule has 2 aromatic heterocycles. The van der Waals surface area contributed by atoms with Gasteiger partial charge in [-0.3, -0.25) is 9.59 Å². The quantitative estimate of drug-likeness (QED) is 0.443. The van der Waals surface area contributed by atoms with Gasteiger partial charge >= 0.3 is 0 Å². The van der Waals surface area contributed by atoms with E-state index in [1.165, 1.54) is 28.9 Å². The number of thioether (sulfide) groups is 1. The highest BCUT2D eigenvalue weighted by molar-refractivity contribution is 7.99. The van der Waals surface area contributed by atoms with Crippen molar-refractivity contribution in [3.05, 3.63) is 79.6 Å². The van der Waals surface area contributed by atoms with Crippen LogP contribution in [-0.2, 0) is 11.2 Å². The van der Waals surface area contributed by atoms with E-state index < -0.39 is 0 Å². The summed E-state index contributed by atoms with van der Waals surface area (Å²) in [5.74, 6) is -0.450. The van der Waals surface area contributed by atoms with Crippen LogP contribution in [0.25, 0.3) is 0 Å². The van der Waals surface area contributed by atoms with Crippen LogP contribution in [-0.4, -0.2) is 32.3 Å². The summed E-state index contributed by atoms with van der Waals surface area (Å²) < 4.78 is 13.4. The molecule has 0 bridgehead atoms. The Morgan fingerprint density at radius 1 is 1.32 bits per heavy atom. The van der Waals surface area contributed by atoms with Gasteiger partial charge < -0.3 is 4.98 Å². The van der Waals surface area contributed by atoms with E-state index in [4.69, 9.17) is 0 Å². The molecule has 1 atom stereocenters. The number of hydrogen-bond acceptors (Lipinski definition) is 6. The standard InChI is InChI=1S/C22H21FN4O2S2/c1-3-16-13(2)24-22(25-21(16)29)31-12-20(28)27-18(14-6-8-15(23)9-7-14)11-17(26-27)19-5-4-10-30-19/h4-10,18H,3,11-12H2,1-2H3,(H,24,25,29)/t18-/m0/s1. The summed E-state index contributed by atoms with van der Waals surface area (Å²) in [4.78, 5) is 33.4. The fourth-order valence-corrected chi connectivity index (χ4v) is 5.02. The summed E-state index contributed by atoms with van der Waals surface area (Å²) >= 11 is 2.74. The molecule has 0 radical (unpaired) electrons. The van der Waals surface area contributed by atoms with Gasteiger partial charge in [-0.25, -0.2) is 14.4 Å². The van der Waals surface area contributed by atoms with Gasteiger partial charge in [0, 0.05) is 17.7 Å². The fraction of sp³-hybridized carbons (Fsp3) is 0.273. The van der Waals surface area contributed by atoms with E-state index in [0.717, 1.165) is 16.2 Å². The summed E-state index contributed by atoms with van der Waals surface area (Å²) in [6, 6.07) is 9.77. The molecule has 3 aromatic rings. The molecule has 9 heteroatoms. The number of aromatic amines is 1. The Bertz CT molecular complexity index is 1170. The van der Waals surface area contributed by atoms with Crippen LogP contribution in [0, 0.1) is 12.7 Å². The van der Waals surface area contributed by atoms with Gasteiger partial charge in [-0.1, -0.05) is 36.9 Å². The molecule has 31 heavy (non-hydrogen) atoms. The summed E-state index contributed by atoms with van der Waals surface area (Å²) in [6.07, 6.45) is 1.16. The zero-order valence-corrected chi connectivity index (χ0v) is 18.7. The Kier molecular flexibility index (Phi) is 6.33. The minimum absolute atomic E-state index is 0.0762. The summed E-state index contributed by atoms with van der Waals surface area (Å²) in [5, 5.41) is 8.45. The SMILES string of the molecule is CCc1c(C)nc(SCC(=O)N2N=C(c3cccs3)C[C@H]2c2ccc(F)cc2)[nH]c1=O. The van der Waals surface area contributed by atoms with Crippen LogP contribution < -0.4 is 5.56 Å². The molecule has 1 aliphatic rings. The first-order valence-corrected chi connectivity index (χ1v) is 11.7. The molecular weight excluding hydrogens is 435 g/mol. The number of halogens is 1. The van der Waals surface area contributed by atoms with Crippen LogP contribution in [0.4, 0.5) is 4.39 Å². The highest BCUT2D eigenvalue weighted by Crippen LogP contribution is 2.34. The molecule has 0 spiro atoms. The maximum Gasteiger partial charge on any atom is 0.254 e. The Balaban J connectivity index is 1.56. The molecule has 3 heterocycles. The van der Waals surface area contributed by atoms with Crippen LogP contribution in [0.15, 0.2) is 56.8 Å². The van der Waals surface area contributed by atoms with Crippen LogP contribution in [0.5, 0.6) is 0 Å². The second-order valence-electron chi connectivity index (χ2n) is 7.11. The molecule has 1 aliphatic heterocycles. The second kappa shape index (κ2) is 9.15. The Morgan fingerprint density at radius 2 is 2.10 bits per heavy atom. The zero-order chi connectivity index (χ0) is 22.0. The van der Waals surface area contributed by atoms with E-state index in [2.05, 4.69) is 15.1 Å². The zero-order valence-electron chi connectivity index (χ0n) is 17.1. The van der Waals surface area contributed by atoms with Gasteiger partial charge in [-0.05, 0) is 42.5 Å². The highest BCUT2D eigenvalue weighted by Gasteiger charge is 2.33. The molecule has 4 rings (SSSR count). The molecule has 0 unspecified atom stereocenters. The first-order valence-electron chi connectivity index (χ1n) is 9.87. The van der Waals surface area contributed by atoms with Crippen molar-refractivity contribution in [2.24, 2.45) is 5.10 Å². The largest absolute Gasteiger partial charge is 0.301 e. The molecule has 0 aliphatic carbocycles. The fourth-order valence-electron chi connectivity index (χ4n) is 3.54. The van der Waals surface area contributed by atoms with E-state index in [0.29, 0.717) is 29.3 Å². The average Bonchev–Trinajstić information content (AvgIpc) is 3.42. The lowest BCUT2D eigenvalue weighted by Crippen LogP contribution is -2.29. The molecular formula is C22H21FN4O2S2. The maximum atomic E-state index is 13.4. The van der Waals surface area contributed by atoms with Crippen LogP contribution in [0.3, 0.4) is 0 Å². The van der Waals surface area contributed by atoms with Gasteiger partial charge in [0.15, 0.2) is 5.16 Å². The lowest BCUT2D eigenvalue weighted by Gasteiger charge is -2.22. The molecule has 0 fully saturated rings. The number of aromatic nitrogens is 2. The van der Waals surface area contributed by atoms with Crippen molar-refractivity contribution in [3.63, 3.8) is 0 Å². The third-order valence-corrected chi connectivity index (χ3v) is 6.89. The van der Waals surface area contributed by atoms with Crippen molar-refractivity contribution < 1.29 is 9.18 Å². The molecule has 1 aromatic carbocycles. The number of amides is 1. The summed E-state index contributed by atoms with van der Waals surface area (Å²) in [6.45, 7) is 3.70. The Hall–Kier alpha value is -2.78. The van der Waals surface area contributed by atoms with Gasteiger partial charge in [0.2, 0.25) is 0 Å². The van der Waals surface area contributed by atoms with E-state index >= 15 is 0 Å². The first kappa shape index (κ1) is 21.5. The molecule has 1 amide bonds. The Morgan fingerprint density at radius 3 is 2.74 bits per heavy atom. The monoisotopic (exact) mass is 456 g/mol. The van der Waals surface area contributed by atoms with Crippen molar-refractivity contribution in [2.45, 2.75) is 37.9 Å². The molecule has 160 valence electrons. The number of nitrogens with one attached hydrogen (secondary N) is 1. The van der Waals surface area contributed by atoms with Gasteiger partial charge in [0.25, 0.3) is 11.5 Å². The molecule has 0 saturated heterocycles. The average molecular weight is 457 g/mol. The predicted molar refractivity (Wildman–Crippen MR) is 121 cm³/mol. The van der Waals surface area contributed by atoms with Crippen molar-refractivity contribution in [1.29, 1.82) is 0 Å². The summed E-state index contributed by atoms with van der Waals surface area (Å²) in [5.41, 5.74) is 2.80. The second-order valence-corrected chi connectivity index (χ2v) is 9.02. The van der Waals surface area contributed by atoms with Gasteiger partial charge in [-0.2, -0.15) is 5.10 Å². The van der Waals surface area contributed by atoms with Crippen LogP contribution in [0.1, 0.15) is 41.1 Å². The lowest BCUT2D eigenvalue weighted by atomic mass is 10.0. The number of aryl methyl sites for hydroxylation is 1. The first-order chi connectivity index (χ1) is 15.0. The van der Waals surface area contributed by atoms with Crippen LogP contribution in [0.2, 0.25) is 0 Å².